The molecule has 160 valence electrons. The molecular formula is C24H25N3O4. The van der Waals surface area contributed by atoms with E-state index in [0.717, 1.165) is 5.56 Å². The summed E-state index contributed by atoms with van der Waals surface area (Å²) in [6.45, 7) is 2.53. The number of ether oxygens (including phenoxy) is 2. The molecule has 0 aliphatic carbocycles. The van der Waals surface area contributed by atoms with Crippen molar-refractivity contribution in [3.8, 4) is 17.2 Å². The van der Waals surface area contributed by atoms with Crippen LogP contribution in [0.3, 0.4) is 0 Å². The maximum Gasteiger partial charge on any atom is 0.266 e. The zero-order valence-electron chi connectivity index (χ0n) is 17.2. The summed E-state index contributed by atoms with van der Waals surface area (Å²) in [7, 11) is 0. The van der Waals surface area contributed by atoms with Gasteiger partial charge in [0.05, 0.1) is 6.61 Å². The summed E-state index contributed by atoms with van der Waals surface area (Å²) in [5.41, 5.74) is 7.54. The van der Waals surface area contributed by atoms with Gasteiger partial charge in [-0.25, -0.2) is 0 Å². The van der Waals surface area contributed by atoms with Crippen LogP contribution in [0.4, 0.5) is 0 Å². The fraction of sp³-hybridized carbons (Fsp3) is 0.167. The van der Waals surface area contributed by atoms with E-state index in [0.29, 0.717) is 30.0 Å². The predicted molar refractivity (Wildman–Crippen MR) is 118 cm³/mol. The molecule has 7 heteroatoms. The molecule has 1 amide bonds. The first-order valence-corrected chi connectivity index (χ1v) is 9.86. The molecule has 3 aromatic carbocycles. The van der Waals surface area contributed by atoms with E-state index in [9.17, 15) is 9.90 Å². The van der Waals surface area contributed by atoms with E-state index in [4.69, 9.17) is 20.6 Å². The van der Waals surface area contributed by atoms with Crippen LogP contribution >= 0.6 is 0 Å². The van der Waals surface area contributed by atoms with Gasteiger partial charge in [0.2, 0.25) is 6.10 Å². The summed E-state index contributed by atoms with van der Waals surface area (Å²) in [5.74, 6) is 0.309. The smallest absolute Gasteiger partial charge is 0.266 e. The van der Waals surface area contributed by atoms with Crippen molar-refractivity contribution in [3.63, 3.8) is 0 Å². The van der Waals surface area contributed by atoms with E-state index in [1.165, 1.54) is 6.07 Å². The van der Waals surface area contributed by atoms with Gasteiger partial charge in [0.25, 0.3) is 5.91 Å². The van der Waals surface area contributed by atoms with Gasteiger partial charge in [0.15, 0.2) is 11.5 Å². The first-order valence-electron chi connectivity index (χ1n) is 9.86. The summed E-state index contributed by atoms with van der Waals surface area (Å²) >= 11 is 0. The summed E-state index contributed by atoms with van der Waals surface area (Å²) in [4.78, 5) is 13.1. The molecule has 0 heterocycles. The largest absolute Gasteiger partial charge is 0.504 e. The van der Waals surface area contributed by atoms with Crippen LogP contribution < -0.4 is 20.5 Å². The third-order valence-corrected chi connectivity index (χ3v) is 4.55. The van der Waals surface area contributed by atoms with Crippen molar-refractivity contribution in [3.05, 3.63) is 89.5 Å². The molecular weight excluding hydrogens is 394 g/mol. The molecule has 0 aliphatic heterocycles. The average Bonchev–Trinajstić information content (AvgIpc) is 2.78. The normalized spacial score (nSPS) is 11.4. The van der Waals surface area contributed by atoms with Gasteiger partial charge < -0.3 is 25.6 Å². The molecule has 3 aromatic rings. The maximum absolute atomic E-state index is 13.1. The molecule has 0 aromatic heterocycles. The van der Waals surface area contributed by atoms with Crippen LogP contribution in [0.1, 0.15) is 29.7 Å². The van der Waals surface area contributed by atoms with Crippen molar-refractivity contribution in [2.45, 2.75) is 19.6 Å². The predicted octanol–water partition coefficient (Wildman–Crippen LogP) is 3.51. The fourth-order valence-corrected chi connectivity index (χ4v) is 2.96. The van der Waals surface area contributed by atoms with Crippen LogP contribution in [0.25, 0.3) is 0 Å². The third-order valence-electron chi connectivity index (χ3n) is 4.55. The number of amidine groups is 1. The summed E-state index contributed by atoms with van der Waals surface area (Å²) in [5, 5.41) is 20.4. The number of nitrogen functional groups attached to an aromatic ring is 1. The molecule has 31 heavy (non-hydrogen) atoms. The number of hydrogen-bond donors (Lipinski definition) is 4. The number of amides is 1. The second-order valence-corrected chi connectivity index (χ2v) is 6.80. The quantitative estimate of drug-likeness (QED) is 0.313. The monoisotopic (exact) mass is 419 g/mol. The van der Waals surface area contributed by atoms with Crippen LogP contribution in [0.15, 0.2) is 72.8 Å². The standard InChI is InChI=1S/C24H25N3O4/c1-2-30-21-14-18(10-13-20(21)28)22(24(29)27-15-16-6-4-3-5-7-16)31-19-11-8-17(9-12-19)23(25)26/h3-14,22,28H,2,15H2,1H3,(H3,25,26)(H,27,29). The van der Waals surface area contributed by atoms with Crippen LogP contribution in [0, 0.1) is 5.41 Å². The molecule has 5 N–H and O–H groups in total. The lowest BCUT2D eigenvalue weighted by atomic mass is 10.1. The first-order chi connectivity index (χ1) is 15.0. The van der Waals surface area contributed by atoms with Gasteiger partial charge in [-0.3, -0.25) is 10.2 Å². The lowest BCUT2D eigenvalue weighted by Gasteiger charge is -2.20. The number of benzene rings is 3. The number of rotatable bonds is 9. The minimum absolute atomic E-state index is 0.0140. The minimum Gasteiger partial charge on any atom is -0.504 e. The van der Waals surface area contributed by atoms with Gasteiger partial charge in [0.1, 0.15) is 11.6 Å². The molecule has 1 unspecified atom stereocenters. The Balaban J connectivity index is 1.86. The Morgan fingerprint density at radius 3 is 2.45 bits per heavy atom. The second-order valence-electron chi connectivity index (χ2n) is 6.80. The number of aromatic hydroxyl groups is 1. The number of phenolic OH excluding ortho intramolecular Hbond substituents is 1. The maximum atomic E-state index is 13.1. The van der Waals surface area contributed by atoms with E-state index in [1.807, 2.05) is 37.3 Å². The highest BCUT2D eigenvalue weighted by Crippen LogP contribution is 2.31. The second kappa shape index (κ2) is 10.2. The van der Waals surface area contributed by atoms with E-state index in [-0.39, 0.29) is 23.2 Å². The van der Waals surface area contributed by atoms with Crippen LogP contribution in [0.5, 0.6) is 17.2 Å². The van der Waals surface area contributed by atoms with Gasteiger partial charge >= 0.3 is 0 Å². The molecule has 1 atom stereocenters. The van der Waals surface area contributed by atoms with Crippen molar-refractivity contribution >= 4 is 11.7 Å². The van der Waals surface area contributed by atoms with Gasteiger partial charge in [-0.2, -0.15) is 0 Å². The highest BCUT2D eigenvalue weighted by molar-refractivity contribution is 5.95. The molecule has 0 saturated carbocycles. The van der Waals surface area contributed by atoms with Crippen molar-refractivity contribution in [2.24, 2.45) is 5.73 Å². The SMILES string of the molecule is CCOc1cc(C(Oc2ccc(C(=N)N)cc2)C(=O)NCc2ccccc2)ccc1O. The van der Waals surface area contributed by atoms with Crippen molar-refractivity contribution in [2.75, 3.05) is 6.61 Å². The molecule has 0 aliphatic rings. The summed E-state index contributed by atoms with van der Waals surface area (Å²) in [6.07, 6.45) is -0.980. The lowest BCUT2D eigenvalue weighted by Crippen LogP contribution is -2.32. The molecule has 0 spiro atoms. The van der Waals surface area contributed by atoms with E-state index >= 15 is 0 Å². The van der Waals surface area contributed by atoms with Gasteiger partial charge in [0, 0.05) is 17.7 Å². The minimum atomic E-state index is -0.980. The number of carbonyl (C=O) groups is 1. The fourth-order valence-electron chi connectivity index (χ4n) is 2.96. The van der Waals surface area contributed by atoms with Gasteiger partial charge in [-0.05, 0) is 48.9 Å². The Morgan fingerprint density at radius 2 is 1.81 bits per heavy atom. The Kier molecular flexibility index (Phi) is 7.11. The first kappa shape index (κ1) is 21.7. The lowest BCUT2D eigenvalue weighted by molar-refractivity contribution is -0.128. The topological polar surface area (TPSA) is 118 Å². The number of phenols is 1. The van der Waals surface area contributed by atoms with Crippen molar-refractivity contribution in [1.82, 2.24) is 5.32 Å². The highest BCUT2D eigenvalue weighted by atomic mass is 16.5. The number of nitrogens with two attached hydrogens (primary N) is 1. The van der Waals surface area contributed by atoms with Crippen LogP contribution in [-0.4, -0.2) is 23.5 Å². The highest BCUT2D eigenvalue weighted by Gasteiger charge is 2.24. The van der Waals surface area contributed by atoms with Crippen molar-refractivity contribution in [1.29, 1.82) is 5.41 Å². The van der Waals surface area contributed by atoms with Gasteiger partial charge in [-0.15, -0.1) is 0 Å². The summed E-state index contributed by atoms with van der Waals surface area (Å²) < 4.78 is 11.5. The van der Waals surface area contributed by atoms with E-state index in [2.05, 4.69) is 5.32 Å². The molecule has 7 nitrogen and oxygen atoms in total. The number of carbonyl (C=O) groups excluding carboxylic acids is 1. The zero-order valence-corrected chi connectivity index (χ0v) is 17.2. The zero-order chi connectivity index (χ0) is 22.2. The molecule has 0 radical (unpaired) electrons. The Labute approximate surface area is 180 Å². The Bertz CT molecular complexity index is 1040. The summed E-state index contributed by atoms with van der Waals surface area (Å²) in [6, 6.07) is 20.8. The van der Waals surface area contributed by atoms with Crippen molar-refractivity contribution < 1.29 is 19.4 Å². The number of hydrogen-bond acceptors (Lipinski definition) is 5. The van der Waals surface area contributed by atoms with E-state index in [1.54, 1.807) is 36.4 Å². The number of nitrogens with one attached hydrogen (secondary N) is 2. The molecule has 0 fully saturated rings. The van der Waals surface area contributed by atoms with Crippen LogP contribution in [-0.2, 0) is 11.3 Å². The van der Waals surface area contributed by atoms with E-state index < -0.39 is 6.10 Å². The average molecular weight is 419 g/mol. The molecule has 0 bridgehead atoms. The molecule has 3 rings (SSSR count). The Morgan fingerprint density at radius 1 is 1.10 bits per heavy atom. The third kappa shape index (κ3) is 5.76. The molecule has 0 saturated heterocycles. The Hall–Kier alpha value is -4.00. The van der Waals surface area contributed by atoms with Gasteiger partial charge in [-0.1, -0.05) is 36.4 Å². The van der Waals surface area contributed by atoms with Crippen LogP contribution in [0.2, 0.25) is 0 Å².